The molecule has 2 heterocycles. The molecule has 0 atom stereocenters. The Hall–Kier alpha value is -4.68. The van der Waals surface area contributed by atoms with E-state index >= 15 is 0 Å². The smallest absolute Gasteiger partial charge is 0.318 e. The van der Waals surface area contributed by atoms with Crippen LogP contribution in [0.15, 0.2) is 95.3 Å². The van der Waals surface area contributed by atoms with Crippen LogP contribution in [0.1, 0.15) is 12.5 Å². The Balaban J connectivity index is 1.58. The monoisotopic (exact) mass is 517 g/mol. The average Bonchev–Trinajstić information content (AvgIpc) is 2.92. The molecule has 2 aromatic carbocycles. The van der Waals surface area contributed by atoms with Gasteiger partial charge >= 0.3 is 5.97 Å². The summed E-state index contributed by atoms with van der Waals surface area (Å²) in [6.07, 6.45) is 5.02. The summed E-state index contributed by atoms with van der Waals surface area (Å²) in [5.41, 5.74) is 6.59. The van der Waals surface area contributed by atoms with Crippen molar-refractivity contribution < 1.29 is 18.3 Å². The van der Waals surface area contributed by atoms with Crippen molar-refractivity contribution in [2.45, 2.75) is 11.8 Å². The maximum Gasteiger partial charge on any atom is 0.318 e. The third-order valence-corrected chi connectivity index (χ3v) is 6.53. The highest BCUT2D eigenvalue weighted by Gasteiger charge is 2.15. The predicted octanol–water partition coefficient (Wildman–Crippen LogP) is 3.48. The maximum atomic E-state index is 12.2. The first-order valence-electron chi connectivity index (χ1n) is 11.0. The fraction of sp³-hybridized carbons (Fsp3) is 0.0800. The van der Waals surface area contributed by atoms with Crippen LogP contribution in [-0.4, -0.2) is 46.7 Å². The number of pyridine rings is 1. The van der Waals surface area contributed by atoms with E-state index in [4.69, 9.17) is 5.11 Å². The number of carboxylic acid groups (broad SMARTS) is 1. The number of aliphatic carboxylic acids is 1. The van der Waals surface area contributed by atoms with E-state index in [2.05, 4.69) is 30.8 Å². The zero-order chi connectivity index (χ0) is 26.3. The van der Waals surface area contributed by atoms with Crippen LogP contribution >= 0.6 is 0 Å². The predicted molar refractivity (Wildman–Crippen MR) is 140 cm³/mol. The van der Waals surface area contributed by atoms with E-state index in [1.54, 1.807) is 43.7 Å². The fourth-order valence-electron chi connectivity index (χ4n) is 3.24. The second kappa shape index (κ2) is 11.4. The number of sulfonamides is 1. The number of nitrogens with one attached hydrogen (secondary N) is 3. The topological polar surface area (TPSA) is 159 Å². The average molecular weight is 518 g/mol. The van der Waals surface area contributed by atoms with Crippen molar-refractivity contribution in [3.05, 3.63) is 90.9 Å². The standard InChI is InChI=1S/C25H23N7O4S/c1-17(18-9-11-21(12-10-18)37(35,36)28-16-23(33)34)31-32-24-22(19-6-3-2-4-7-19)15-27-25(30-24)29-20-8-5-13-26-14-20/h2-15,28H,16H2,1H3,(H,33,34)(H2,27,29,30,32). The molecule has 0 saturated carbocycles. The van der Waals surface area contributed by atoms with Crippen molar-refractivity contribution in [1.82, 2.24) is 19.7 Å². The number of hydrazone groups is 1. The molecule has 11 nitrogen and oxygen atoms in total. The Morgan fingerprint density at radius 1 is 1.00 bits per heavy atom. The van der Waals surface area contributed by atoms with Gasteiger partial charge in [-0.3, -0.25) is 15.2 Å². The van der Waals surface area contributed by atoms with Crippen molar-refractivity contribution in [3.8, 4) is 11.1 Å². The minimum atomic E-state index is -3.93. The Bertz CT molecular complexity index is 1510. The Labute approximate surface area is 213 Å². The number of carboxylic acids is 1. The first-order chi connectivity index (χ1) is 17.8. The number of aromatic nitrogens is 3. The van der Waals surface area contributed by atoms with Crippen LogP contribution in [0.2, 0.25) is 0 Å². The zero-order valence-corrected chi connectivity index (χ0v) is 20.5. The van der Waals surface area contributed by atoms with E-state index in [1.807, 2.05) is 41.1 Å². The van der Waals surface area contributed by atoms with Gasteiger partial charge in [-0.15, -0.1) is 0 Å². The summed E-state index contributed by atoms with van der Waals surface area (Å²) in [6, 6.07) is 19.2. The molecular weight excluding hydrogens is 494 g/mol. The lowest BCUT2D eigenvalue weighted by Gasteiger charge is -2.12. The van der Waals surface area contributed by atoms with Gasteiger partial charge in [0.25, 0.3) is 0 Å². The van der Waals surface area contributed by atoms with Crippen molar-refractivity contribution in [2.24, 2.45) is 5.10 Å². The molecule has 2 aromatic heterocycles. The number of hydrogen-bond donors (Lipinski definition) is 4. The van der Waals surface area contributed by atoms with Crippen molar-refractivity contribution in [2.75, 3.05) is 17.3 Å². The first kappa shape index (κ1) is 25.4. The van der Waals surface area contributed by atoms with E-state index in [1.165, 1.54) is 12.1 Å². The van der Waals surface area contributed by atoms with E-state index in [0.717, 1.165) is 16.8 Å². The van der Waals surface area contributed by atoms with Crippen molar-refractivity contribution in [3.63, 3.8) is 0 Å². The van der Waals surface area contributed by atoms with Gasteiger partial charge in [0.2, 0.25) is 16.0 Å². The van der Waals surface area contributed by atoms with E-state index in [9.17, 15) is 13.2 Å². The van der Waals surface area contributed by atoms with Gasteiger partial charge in [0.15, 0.2) is 5.82 Å². The Morgan fingerprint density at radius 2 is 1.76 bits per heavy atom. The summed E-state index contributed by atoms with van der Waals surface area (Å²) in [7, 11) is -3.93. The van der Waals surface area contributed by atoms with Gasteiger partial charge in [-0.2, -0.15) is 14.8 Å². The third-order valence-electron chi connectivity index (χ3n) is 5.12. The summed E-state index contributed by atoms with van der Waals surface area (Å²) in [6.45, 7) is 1.06. The molecule has 0 aliphatic rings. The minimum absolute atomic E-state index is 0.0495. The first-order valence-corrected chi connectivity index (χ1v) is 12.5. The molecule has 12 heteroatoms. The molecule has 0 aliphatic heterocycles. The highest BCUT2D eigenvalue weighted by Crippen LogP contribution is 2.27. The second-order valence-electron chi connectivity index (χ2n) is 7.74. The Morgan fingerprint density at radius 3 is 2.43 bits per heavy atom. The minimum Gasteiger partial charge on any atom is -0.480 e. The quantitative estimate of drug-likeness (QED) is 0.182. The van der Waals surface area contributed by atoms with Crippen LogP contribution in [0, 0.1) is 0 Å². The van der Waals surface area contributed by atoms with Crippen molar-refractivity contribution in [1.29, 1.82) is 0 Å². The highest BCUT2D eigenvalue weighted by atomic mass is 32.2. The molecule has 0 saturated heterocycles. The number of rotatable bonds is 10. The number of nitrogens with zero attached hydrogens (tertiary/aromatic N) is 4. The molecular formula is C25H23N7O4S. The lowest BCUT2D eigenvalue weighted by atomic mass is 10.1. The van der Waals surface area contributed by atoms with Crippen LogP contribution in [0.4, 0.5) is 17.5 Å². The molecule has 0 bridgehead atoms. The van der Waals surface area contributed by atoms with Crippen LogP contribution in [0.25, 0.3) is 11.1 Å². The molecule has 0 aliphatic carbocycles. The van der Waals surface area contributed by atoms with Crippen molar-refractivity contribution >= 4 is 39.2 Å². The van der Waals surface area contributed by atoms with Gasteiger partial charge in [0.1, 0.15) is 6.54 Å². The molecule has 37 heavy (non-hydrogen) atoms. The molecule has 0 amide bonds. The van der Waals surface area contributed by atoms with Crippen LogP contribution in [0.5, 0.6) is 0 Å². The number of benzene rings is 2. The molecule has 4 aromatic rings. The van der Waals surface area contributed by atoms with Gasteiger partial charge in [0, 0.05) is 18.0 Å². The van der Waals surface area contributed by atoms with Crippen LogP contribution in [0.3, 0.4) is 0 Å². The van der Waals surface area contributed by atoms with Crippen LogP contribution in [-0.2, 0) is 14.8 Å². The number of carbonyl (C=O) groups is 1. The van der Waals surface area contributed by atoms with Gasteiger partial charge in [-0.25, -0.2) is 13.4 Å². The van der Waals surface area contributed by atoms with Gasteiger partial charge in [-0.1, -0.05) is 42.5 Å². The van der Waals surface area contributed by atoms with Gasteiger partial charge < -0.3 is 10.4 Å². The summed E-state index contributed by atoms with van der Waals surface area (Å²) >= 11 is 0. The van der Waals surface area contributed by atoms with E-state index in [-0.39, 0.29) is 4.90 Å². The van der Waals surface area contributed by atoms with Crippen LogP contribution < -0.4 is 15.5 Å². The molecule has 4 rings (SSSR count). The number of hydrogen-bond acceptors (Lipinski definition) is 9. The third kappa shape index (κ3) is 6.72. The second-order valence-corrected chi connectivity index (χ2v) is 9.51. The summed E-state index contributed by atoms with van der Waals surface area (Å²) in [4.78, 5) is 23.7. The largest absolute Gasteiger partial charge is 0.480 e. The molecule has 0 unspecified atom stereocenters. The zero-order valence-electron chi connectivity index (χ0n) is 19.7. The molecule has 0 fully saturated rings. The lowest BCUT2D eigenvalue weighted by molar-refractivity contribution is -0.135. The number of anilines is 3. The fourth-order valence-corrected chi connectivity index (χ4v) is 4.21. The highest BCUT2D eigenvalue weighted by molar-refractivity contribution is 7.89. The van der Waals surface area contributed by atoms with E-state index < -0.39 is 22.5 Å². The summed E-state index contributed by atoms with van der Waals surface area (Å²) in [5, 5.41) is 16.3. The maximum absolute atomic E-state index is 12.2. The normalized spacial score (nSPS) is 11.6. The SMILES string of the molecule is CC(=NNc1nc(Nc2cccnc2)ncc1-c1ccccc1)c1ccc(S(=O)(=O)NCC(=O)O)cc1. The molecule has 188 valence electrons. The molecule has 4 N–H and O–H groups in total. The molecule has 0 spiro atoms. The molecule has 0 radical (unpaired) electrons. The van der Waals surface area contributed by atoms with Gasteiger partial charge in [0.05, 0.1) is 22.5 Å². The lowest BCUT2D eigenvalue weighted by Crippen LogP contribution is -2.29. The Kier molecular flexibility index (Phi) is 7.81. The van der Waals surface area contributed by atoms with Gasteiger partial charge in [-0.05, 0) is 42.3 Å². The van der Waals surface area contributed by atoms with E-state index in [0.29, 0.717) is 23.0 Å². The summed E-state index contributed by atoms with van der Waals surface area (Å²) < 4.78 is 26.5. The summed E-state index contributed by atoms with van der Waals surface area (Å²) in [5.74, 6) is -0.455.